The fourth-order valence-corrected chi connectivity index (χ4v) is 4.19. The molecule has 0 bridgehead atoms. The number of sulfonamides is 1. The zero-order valence-electron chi connectivity index (χ0n) is 11.8. The summed E-state index contributed by atoms with van der Waals surface area (Å²) < 4.78 is 27.4. The molecule has 0 aliphatic heterocycles. The monoisotopic (exact) mass is 310 g/mol. The summed E-state index contributed by atoms with van der Waals surface area (Å²) in [6.45, 7) is 2.66. The highest BCUT2D eigenvalue weighted by atomic mass is 32.2. The van der Waals surface area contributed by atoms with Crippen LogP contribution < -0.4 is 4.72 Å². The standard InChI is InChI=1S/C14H18N2O2S2/c1-11-7-8-14(19-11)20(17,18)15-13-6-4-5-12(9-13)10-16(2)3/h4-9,15H,10H2,1-3H3. The van der Waals surface area contributed by atoms with Crippen LogP contribution in [0.2, 0.25) is 0 Å². The van der Waals surface area contributed by atoms with Crippen molar-refractivity contribution < 1.29 is 8.42 Å². The van der Waals surface area contributed by atoms with Crippen molar-refractivity contribution in [2.75, 3.05) is 18.8 Å². The van der Waals surface area contributed by atoms with Crippen LogP contribution in [0.1, 0.15) is 10.4 Å². The number of nitrogens with zero attached hydrogens (tertiary/aromatic N) is 1. The number of benzene rings is 1. The first-order valence-corrected chi connectivity index (χ1v) is 8.50. The molecule has 0 saturated heterocycles. The van der Waals surface area contributed by atoms with Gasteiger partial charge >= 0.3 is 0 Å². The Hall–Kier alpha value is -1.37. The van der Waals surface area contributed by atoms with E-state index in [9.17, 15) is 8.42 Å². The molecule has 0 aliphatic rings. The van der Waals surface area contributed by atoms with Gasteiger partial charge in [-0.2, -0.15) is 0 Å². The Kier molecular flexibility index (Phi) is 4.47. The molecule has 0 fully saturated rings. The molecule has 1 heterocycles. The molecule has 2 rings (SSSR count). The summed E-state index contributed by atoms with van der Waals surface area (Å²) in [6.07, 6.45) is 0. The Labute approximate surface area is 124 Å². The van der Waals surface area contributed by atoms with E-state index in [0.29, 0.717) is 9.90 Å². The van der Waals surface area contributed by atoms with Gasteiger partial charge in [-0.15, -0.1) is 11.3 Å². The van der Waals surface area contributed by atoms with Gasteiger partial charge in [-0.05, 0) is 50.8 Å². The van der Waals surface area contributed by atoms with Gasteiger partial charge in [-0.25, -0.2) is 8.42 Å². The van der Waals surface area contributed by atoms with Gasteiger partial charge in [0.05, 0.1) is 0 Å². The average molecular weight is 310 g/mol. The maximum atomic E-state index is 12.2. The predicted molar refractivity (Wildman–Crippen MR) is 83.7 cm³/mol. The number of nitrogens with one attached hydrogen (secondary N) is 1. The lowest BCUT2D eigenvalue weighted by atomic mass is 10.2. The van der Waals surface area contributed by atoms with Gasteiger partial charge in [0.1, 0.15) is 4.21 Å². The first-order chi connectivity index (χ1) is 9.37. The quantitative estimate of drug-likeness (QED) is 0.924. The molecular weight excluding hydrogens is 292 g/mol. The first kappa shape index (κ1) is 15.0. The molecule has 1 aromatic carbocycles. The van der Waals surface area contributed by atoms with Crippen molar-refractivity contribution in [1.29, 1.82) is 0 Å². The molecule has 0 saturated carbocycles. The molecular formula is C14H18N2O2S2. The molecule has 0 spiro atoms. The van der Waals surface area contributed by atoms with Crippen LogP contribution >= 0.6 is 11.3 Å². The van der Waals surface area contributed by atoms with Crippen LogP contribution in [0, 0.1) is 6.92 Å². The summed E-state index contributed by atoms with van der Waals surface area (Å²) in [4.78, 5) is 3.02. The average Bonchev–Trinajstić information content (AvgIpc) is 2.75. The third kappa shape index (κ3) is 3.82. The number of rotatable bonds is 5. The van der Waals surface area contributed by atoms with E-state index in [2.05, 4.69) is 4.72 Å². The van der Waals surface area contributed by atoms with E-state index in [1.54, 1.807) is 12.1 Å². The molecule has 4 nitrogen and oxygen atoms in total. The molecule has 108 valence electrons. The van der Waals surface area contributed by atoms with E-state index in [4.69, 9.17) is 0 Å². The lowest BCUT2D eigenvalue weighted by Crippen LogP contribution is -2.13. The number of hydrogen-bond acceptors (Lipinski definition) is 4. The normalized spacial score (nSPS) is 11.8. The lowest BCUT2D eigenvalue weighted by Gasteiger charge is -2.11. The second-order valence-corrected chi connectivity index (χ2v) is 8.11. The Morgan fingerprint density at radius 3 is 2.55 bits per heavy atom. The Balaban J connectivity index is 2.21. The number of thiophene rings is 1. The van der Waals surface area contributed by atoms with Crippen molar-refractivity contribution in [1.82, 2.24) is 4.90 Å². The minimum Gasteiger partial charge on any atom is -0.305 e. The summed E-state index contributed by atoms with van der Waals surface area (Å²) in [7, 11) is 0.472. The van der Waals surface area contributed by atoms with Gasteiger partial charge in [-0.3, -0.25) is 4.72 Å². The van der Waals surface area contributed by atoms with Crippen molar-refractivity contribution >= 4 is 27.0 Å². The molecule has 0 amide bonds. The van der Waals surface area contributed by atoms with Crippen molar-refractivity contribution in [2.24, 2.45) is 0 Å². The molecule has 0 unspecified atom stereocenters. The van der Waals surface area contributed by atoms with Crippen molar-refractivity contribution in [3.8, 4) is 0 Å². The van der Waals surface area contributed by atoms with Gasteiger partial charge in [0.25, 0.3) is 10.0 Å². The molecule has 0 atom stereocenters. The summed E-state index contributed by atoms with van der Waals surface area (Å²) in [6, 6.07) is 10.9. The molecule has 1 aromatic heterocycles. The van der Waals surface area contributed by atoms with Crippen LogP contribution in [0.15, 0.2) is 40.6 Å². The smallest absolute Gasteiger partial charge is 0.271 e. The zero-order chi connectivity index (χ0) is 14.8. The van der Waals surface area contributed by atoms with E-state index < -0.39 is 10.0 Å². The largest absolute Gasteiger partial charge is 0.305 e. The maximum absolute atomic E-state index is 12.2. The van der Waals surface area contributed by atoms with Gasteiger partial charge in [0.2, 0.25) is 0 Å². The van der Waals surface area contributed by atoms with Gasteiger partial charge in [-0.1, -0.05) is 12.1 Å². The second-order valence-electron chi connectivity index (χ2n) is 4.91. The summed E-state index contributed by atoms with van der Waals surface area (Å²) in [5.74, 6) is 0. The minimum atomic E-state index is -3.48. The van der Waals surface area contributed by atoms with Gasteiger partial charge in [0, 0.05) is 17.1 Å². The van der Waals surface area contributed by atoms with E-state index in [0.717, 1.165) is 17.0 Å². The summed E-state index contributed by atoms with van der Waals surface area (Å²) in [5, 5.41) is 0. The van der Waals surface area contributed by atoms with Crippen LogP contribution in [0.25, 0.3) is 0 Å². The van der Waals surface area contributed by atoms with Gasteiger partial charge < -0.3 is 4.90 Å². The Bertz CT molecular complexity index is 691. The van der Waals surface area contributed by atoms with Gasteiger partial charge in [0.15, 0.2) is 0 Å². The minimum absolute atomic E-state index is 0.341. The van der Waals surface area contributed by atoms with Crippen molar-refractivity contribution in [3.05, 3.63) is 46.8 Å². The third-order valence-corrected chi connectivity index (χ3v) is 5.53. The molecule has 1 N–H and O–H groups in total. The molecule has 2 aromatic rings. The first-order valence-electron chi connectivity index (χ1n) is 6.20. The molecule has 0 aliphatic carbocycles. The molecule has 0 radical (unpaired) electrons. The SMILES string of the molecule is Cc1ccc(S(=O)(=O)Nc2cccc(CN(C)C)c2)s1. The predicted octanol–water partition coefficient (Wildman–Crippen LogP) is 2.92. The highest BCUT2D eigenvalue weighted by Gasteiger charge is 2.16. The fraction of sp³-hybridized carbons (Fsp3) is 0.286. The summed E-state index contributed by atoms with van der Waals surface area (Å²) >= 11 is 1.27. The maximum Gasteiger partial charge on any atom is 0.271 e. The Morgan fingerprint density at radius 1 is 1.20 bits per heavy atom. The van der Waals surface area contributed by atoms with Crippen LogP contribution in [0.3, 0.4) is 0 Å². The topological polar surface area (TPSA) is 49.4 Å². The van der Waals surface area contributed by atoms with Crippen LogP contribution in [-0.2, 0) is 16.6 Å². The van der Waals surface area contributed by atoms with E-state index in [-0.39, 0.29) is 0 Å². The molecule has 6 heteroatoms. The van der Waals surface area contributed by atoms with Crippen molar-refractivity contribution in [3.63, 3.8) is 0 Å². The van der Waals surface area contributed by atoms with E-state index in [1.807, 2.05) is 50.2 Å². The van der Waals surface area contributed by atoms with E-state index >= 15 is 0 Å². The summed E-state index contributed by atoms with van der Waals surface area (Å²) in [5.41, 5.74) is 1.66. The molecule has 20 heavy (non-hydrogen) atoms. The van der Waals surface area contributed by atoms with Crippen LogP contribution in [0.4, 0.5) is 5.69 Å². The Morgan fingerprint density at radius 2 is 1.95 bits per heavy atom. The fourth-order valence-electron chi connectivity index (χ4n) is 1.86. The van der Waals surface area contributed by atoms with E-state index in [1.165, 1.54) is 11.3 Å². The number of aryl methyl sites for hydroxylation is 1. The zero-order valence-corrected chi connectivity index (χ0v) is 13.4. The van der Waals surface area contributed by atoms with Crippen LogP contribution in [-0.4, -0.2) is 27.4 Å². The lowest BCUT2D eigenvalue weighted by molar-refractivity contribution is 0.402. The van der Waals surface area contributed by atoms with Crippen LogP contribution in [0.5, 0.6) is 0 Å². The number of hydrogen-bond donors (Lipinski definition) is 1. The third-order valence-electron chi connectivity index (χ3n) is 2.66. The second kappa shape index (κ2) is 5.95. The highest BCUT2D eigenvalue weighted by Crippen LogP contribution is 2.23. The highest BCUT2D eigenvalue weighted by molar-refractivity contribution is 7.94. The van der Waals surface area contributed by atoms with Crippen molar-refractivity contribution in [2.45, 2.75) is 17.7 Å². The number of anilines is 1.